The molecule has 1 aromatic heterocycles. The second-order valence-electron chi connectivity index (χ2n) is 7.40. The molecule has 4 rings (SSSR count). The monoisotopic (exact) mass is 428 g/mol. The highest BCUT2D eigenvalue weighted by atomic mass is 19.1. The number of nitrogens with zero attached hydrogens (tertiary/aromatic N) is 3. The molecule has 0 spiro atoms. The van der Waals surface area contributed by atoms with Crippen LogP contribution in [0.15, 0.2) is 47.4 Å². The molecule has 0 unspecified atom stereocenters. The van der Waals surface area contributed by atoms with E-state index in [1.807, 2.05) is 19.1 Å². The largest absolute Gasteiger partial charge is 0.325 e. The van der Waals surface area contributed by atoms with Crippen molar-refractivity contribution in [1.82, 2.24) is 9.55 Å². The van der Waals surface area contributed by atoms with Crippen molar-refractivity contribution >= 4 is 23.2 Å². The fourth-order valence-electron chi connectivity index (χ4n) is 3.54. The minimum absolute atomic E-state index is 0.00377. The van der Waals surface area contributed by atoms with Gasteiger partial charge >= 0.3 is 5.56 Å². The third kappa shape index (κ3) is 4.45. The molecular formula is C22H19F3N4O2. The minimum Gasteiger partial charge on any atom is -0.325 e. The minimum atomic E-state index is -1.09. The maximum Gasteiger partial charge on any atom is 0.310 e. The average molecular weight is 428 g/mol. The van der Waals surface area contributed by atoms with E-state index in [2.05, 4.69) is 10.3 Å². The molecule has 2 aromatic carbocycles. The highest BCUT2D eigenvalue weighted by Gasteiger charge is 2.22. The Bertz CT molecular complexity index is 1210. The lowest BCUT2D eigenvalue weighted by atomic mass is 10.1. The highest BCUT2D eigenvalue weighted by molar-refractivity contribution is 5.96. The summed E-state index contributed by atoms with van der Waals surface area (Å²) in [4.78, 5) is 29.3. The van der Waals surface area contributed by atoms with E-state index in [9.17, 15) is 22.8 Å². The number of hydrogen-bond acceptors (Lipinski definition) is 4. The Balaban J connectivity index is 1.70. The normalized spacial score (nSPS) is 13.7. The van der Waals surface area contributed by atoms with E-state index in [1.54, 1.807) is 11.0 Å². The molecule has 1 aliphatic heterocycles. The van der Waals surface area contributed by atoms with Gasteiger partial charge in [0.15, 0.2) is 0 Å². The van der Waals surface area contributed by atoms with Crippen molar-refractivity contribution in [1.29, 1.82) is 0 Å². The van der Waals surface area contributed by atoms with E-state index < -0.39 is 23.0 Å². The summed E-state index contributed by atoms with van der Waals surface area (Å²) in [5.74, 6) is -2.59. The van der Waals surface area contributed by atoms with Gasteiger partial charge in [-0.3, -0.25) is 9.59 Å². The Labute approximate surface area is 176 Å². The Morgan fingerprint density at radius 2 is 1.81 bits per heavy atom. The van der Waals surface area contributed by atoms with Crippen LogP contribution in [-0.2, 0) is 11.3 Å². The number of amides is 1. The predicted octanol–water partition coefficient (Wildman–Crippen LogP) is 3.89. The molecule has 0 saturated carbocycles. The summed E-state index contributed by atoms with van der Waals surface area (Å²) in [6, 6.07) is 8.37. The number of halogens is 3. The predicted molar refractivity (Wildman–Crippen MR) is 110 cm³/mol. The Morgan fingerprint density at radius 3 is 2.48 bits per heavy atom. The summed E-state index contributed by atoms with van der Waals surface area (Å²) in [5.41, 5.74) is 1.23. The number of aryl methyl sites for hydroxylation is 1. The van der Waals surface area contributed by atoms with Crippen LogP contribution < -0.4 is 15.8 Å². The zero-order valence-corrected chi connectivity index (χ0v) is 16.7. The number of carbonyl (C=O) groups is 1. The van der Waals surface area contributed by atoms with Crippen molar-refractivity contribution < 1.29 is 18.0 Å². The van der Waals surface area contributed by atoms with Crippen LogP contribution in [0.5, 0.6) is 0 Å². The molecule has 0 atom stereocenters. The number of anilines is 3. The molecule has 3 aromatic rings. The van der Waals surface area contributed by atoms with Crippen LogP contribution in [0.25, 0.3) is 0 Å². The van der Waals surface area contributed by atoms with Gasteiger partial charge in [0.25, 0.3) is 0 Å². The third-order valence-corrected chi connectivity index (χ3v) is 5.08. The quantitative estimate of drug-likeness (QED) is 0.670. The molecule has 0 bridgehead atoms. The van der Waals surface area contributed by atoms with Crippen molar-refractivity contribution in [2.45, 2.75) is 26.3 Å². The van der Waals surface area contributed by atoms with Gasteiger partial charge in [-0.25, -0.2) is 8.78 Å². The van der Waals surface area contributed by atoms with Gasteiger partial charge in [-0.2, -0.15) is 9.37 Å². The van der Waals surface area contributed by atoms with Crippen molar-refractivity contribution in [3.8, 4) is 0 Å². The van der Waals surface area contributed by atoms with Crippen LogP contribution in [0.4, 0.5) is 30.5 Å². The summed E-state index contributed by atoms with van der Waals surface area (Å²) in [6.07, 6.45) is 2.20. The second kappa shape index (κ2) is 8.25. The van der Waals surface area contributed by atoms with Crippen LogP contribution in [0.3, 0.4) is 0 Å². The first-order valence-corrected chi connectivity index (χ1v) is 9.70. The van der Waals surface area contributed by atoms with Crippen LogP contribution in [-0.4, -0.2) is 22.0 Å². The standard InChI is InChI=1S/C22H19F3N4O2/c1-13-4-5-17(29-6-2-3-20(29)30)10-19(13)26-22-27-21(31)18(25)12-28(22)11-14-7-15(23)9-16(24)8-14/h4-5,7-10,12H,2-3,6,11H2,1H3,(H,26,27,31). The van der Waals surface area contributed by atoms with E-state index in [-0.39, 0.29) is 24.0 Å². The van der Waals surface area contributed by atoms with Crippen LogP contribution >= 0.6 is 0 Å². The molecule has 2 heterocycles. The average Bonchev–Trinajstić information content (AvgIpc) is 3.12. The molecule has 1 N–H and O–H groups in total. The number of nitrogens with one attached hydrogen (secondary N) is 1. The molecule has 1 amide bonds. The first kappa shape index (κ1) is 20.6. The zero-order valence-electron chi connectivity index (χ0n) is 16.7. The molecule has 31 heavy (non-hydrogen) atoms. The summed E-state index contributed by atoms with van der Waals surface area (Å²) >= 11 is 0. The first-order chi connectivity index (χ1) is 14.8. The molecule has 0 aliphatic carbocycles. The third-order valence-electron chi connectivity index (χ3n) is 5.08. The Kier molecular flexibility index (Phi) is 5.50. The number of benzene rings is 2. The number of hydrogen-bond donors (Lipinski definition) is 1. The van der Waals surface area contributed by atoms with Gasteiger partial charge < -0.3 is 14.8 Å². The number of rotatable bonds is 5. The lowest BCUT2D eigenvalue weighted by Crippen LogP contribution is -2.24. The molecule has 1 fully saturated rings. The fourth-order valence-corrected chi connectivity index (χ4v) is 3.54. The van der Waals surface area contributed by atoms with Gasteiger partial charge in [0, 0.05) is 36.6 Å². The molecule has 1 aliphatic rings. The van der Waals surface area contributed by atoms with Gasteiger partial charge in [0.2, 0.25) is 17.7 Å². The number of aromatic nitrogens is 2. The van der Waals surface area contributed by atoms with E-state index in [1.165, 1.54) is 4.57 Å². The molecule has 6 nitrogen and oxygen atoms in total. The van der Waals surface area contributed by atoms with Gasteiger partial charge in [-0.1, -0.05) is 6.07 Å². The van der Waals surface area contributed by atoms with E-state index >= 15 is 0 Å². The lowest BCUT2D eigenvalue weighted by molar-refractivity contribution is -0.117. The molecule has 9 heteroatoms. The summed E-state index contributed by atoms with van der Waals surface area (Å²) in [5, 5.41) is 3.00. The van der Waals surface area contributed by atoms with Crippen molar-refractivity contribution in [3.05, 3.63) is 81.5 Å². The second-order valence-corrected chi connectivity index (χ2v) is 7.40. The molecule has 160 valence electrons. The summed E-state index contributed by atoms with van der Waals surface area (Å²) in [6.45, 7) is 2.32. The highest BCUT2D eigenvalue weighted by Crippen LogP contribution is 2.28. The zero-order chi connectivity index (χ0) is 22.1. The van der Waals surface area contributed by atoms with Gasteiger partial charge in [-0.15, -0.1) is 0 Å². The topological polar surface area (TPSA) is 67.2 Å². The molecular weight excluding hydrogens is 409 g/mol. The van der Waals surface area contributed by atoms with Crippen LogP contribution in [0.1, 0.15) is 24.0 Å². The molecule has 0 radical (unpaired) electrons. The first-order valence-electron chi connectivity index (χ1n) is 9.70. The van der Waals surface area contributed by atoms with Crippen LogP contribution in [0.2, 0.25) is 0 Å². The van der Waals surface area contributed by atoms with Crippen LogP contribution in [0, 0.1) is 24.4 Å². The number of carbonyl (C=O) groups excluding carboxylic acids is 1. The van der Waals surface area contributed by atoms with Gasteiger partial charge in [0.05, 0.1) is 6.54 Å². The Morgan fingerprint density at radius 1 is 1.06 bits per heavy atom. The van der Waals surface area contributed by atoms with Crippen molar-refractivity contribution in [2.75, 3.05) is 16.8 Å². The van der Waals surface area contributed by atoms with Gasteiger partial charge in [0.1, 0.15) is 11.6 Å². The summed E-state index contributed by atoms with van der Waals surface area (Å²) < 4.78 is 42.3. The fraction of sp³-hybridized carbons (Fsp3) is 0.227. The van der Waals surface area contributed by atoms with E-state index in [4.69, 9.17) is 0 Å². The summed E-state index contributed by atoms with van der Waals surface area (Å²) in [7, 11) is 0. The maximum absolute atomic E-state index is 13.9. The molecule has 1 saturated heterocycles. The Hall–Kier alpha value is -3.62. The smallest absolute Gasteiger partial charge is 0.310 e. The maximum atomic E-state index is 13.9. The lowest BCUT2D eigenvalue weighted by Gasteiger charge is -2.19. The van der Waals surface area contributed by atoms with Gasteiger partial charge in [-0.05, 0) is 48.7 Å². The SMILES string of the molecule is Cc1ccc(N2CCCC2=O)cc1Nc1nc(=O)c(F)cn1Cc1cc(F)cc(F)c1. The van der Waals surface area contributed by atoms with Crippen molar-refractivity contribution in [3.63, 3.8) is 0 Å². The van der Waals surface area contributed by atoms with Crippen molar-refractivity contribution in [2.24, 2.45) is 0 Å². The van der Waals surface area contributed by atoms with E-state index in [0.717, 1.165) is 36.4 Å². The van der Waals surface area contributed by atoms with E-state index in [0.29, 0.717) is 24.3 Å².